The molecule has 21 heavy (non-hydrogen) atoms. The third-order valence-electron chi connectivity index (χ3n) is 4.32. The van der Waals surface area contributed by atoms with E-state index in [1.807, 2.05) is 0 Å². The maximum absolute atomic E-state index is 6.18. The number of aromatic nitrogens is 2. The van der Waals surface area contributed by atoms with Gasteiger partial charge < -0.3 is 10.1 Å². The van der Waals surface area contributed by atoms with Gasteiger partial charge in [0.15, 0.2) is 0 Å². The first-order chi connectivity index (χ1) is 9.80. The van der Waals surface area contributed by atoms with Crippen molar-refractivity contribution in [1.82, 2.24) is 15.1 Å². The van der Waals surface area contributed by atoms with Gasteiger partial charge in [0.25, 0.3) is 0 Å². The molecular formula is C17H31N3O. The van der Waals surface area contributed by atoms with Gasteiger partial charge in [0.1, 0.15) is 0 Å². The summed E-state index contributed by atoms with van der Waals surface area (Å²) in [5.41, 5.74) is 4.01. The minimum atomic E-state index is 0.160. The van der Waals surface area contributed by atoms with Crippen LogP contribution < -0.4 is 5.32 Å². The average molecular weight is 293 g/mol. The second-order valence-corrected chi connectivity index (χ2v) is 7.27. The van der Waals surface area contributed by atoms with E-state index in [1.54, 1.807) is 0 Å². The molecule has 0 saturated carbocycles. The molecule has 1 aliphatic rings. The number of nitrogens with zero attached hydrogens (tertiary/aromatic N) is 2. The van der Waals surface area contributed by atoms with Crippen molar-refractivity contribution in [3.63, 3.8) is 0 Å². The predicted molar refractivity (Wildman–Crippen MR) is 86.7 cm³/mol. The predicted octanol–water partition coefficient (Wildman–Crippen LogP) is 3.00. The summed E-state index contributed by atoms with van der Waals surface area (Å²) in [5, 5.41) is 8.21. The summed E-state index contributed by atoms with van der Waals surface area (Å²) in [6, 6.07) is 0. The van der Waals surface area contributed by atoms with E-state index in [2.05, 4.69) is 56.6 Å². The minimum absolute atomic E-state index is 0.160. The van der Waals surface area contributed by atoms with Gasteiger partial charge in [-0.15, -0.1) is 0 Å². The highest BCUT2D eigenvalue weighted by Gasteiger charge is 2.27. The normalized spacial score (nSPS) is 23.0. The summed E-state index contributed by atoms with van der Waals surface area (Å²) in [7, 11) is 0. The van der Waals surface area contributed by atoms with Crippen molar-refractivity contribution in [2.75, 3.05) is 6.54 Å². The molecule has 120 valence electrons. The zero-order valence-corrected chi connectivity index (χ0v) is 14.5. The van der Waals surface area contributed by atoms with Gasteiger partial charge in [0, 0.05) is 17.8 Å². The summed E-state index contributed by atoms with van der Waals surface area (Å²) in [6.07, 6.45) is 3.99. The summed E-state index contributed by atoms with van der Waals surface area (Å²) < 4.78 is 8.31. The number of aryl methyl sites for hydroxylation is 1. The highest BCUT2D eigenvalue weighted by atomic mass is 16.5. The molecule has 0 amide bonds. The Balaban J connectivity index is 1.88. The second-order valence-electron chi connectivity index (χ2n) is 7.27. The lowest BCUT2D eigenvalue weighted by Gasteiger charge is -2.23. The lowest BCUT2D eigenvalue weighted by atomic mass is 10.1. The molecule has 2 atom stereocenters. The van der Waals surface area contributed by atoms with Crippen molar-refractivity contribution in [2.24, 2.45) is 0 Å². The highest BCUT2D eigenvalue weighted by Crippen LogP contribution is 2.23. The van der Waals surface area contributed by atoms with Gasteiger partial charge in [-0.2, -0.15) is 5.10 Å². The van der Waals surface area contributed by atoms with Gasteiger partial charge in [-0.3, -0.25) is 4.68 Å². The first kappa shape index (κ1) is 16.5. The Labute approximate surface area is 129 Å². The zero-order chi connectivity index (χ0) is 15.6. The van der Waals surface area contributed by atoms with Crippen LogP contribution in [0.4, 0.5) is 0 Å². The molecule has 1 aromatic rings. The van der Waals surface area contributed by atoms with Crippen molar-refractivity contribution < 1.29 is 4.74 Å². The van der Waals surface area contributed by atoms with E-state index in [9.17, 15) is 0 Å². The fourth-order valence-corrected chi connectivity index (χ4v) is 3.10. The molecule has 2 heterocycles. The molecule has 0 bridgehead atoms. The Bertz CT molecular complexity index is 473. The van der Waals surface area contributed by atoms with Gasteiger partial charge in [-0.25, -0.2) is 0 Å². The summed E-state index contributed by atoms with van der Waals surface area (Å²) in [6.45, 7) is 14.9. The number of rotatable bonds is 5. The standard InChI is InChI=1S/C17H31N3O/c1-7-16-12(2)19-20(13(16)3)11-15-9-8-14(21-15)10-18-17(4,5)6/h14-15,18H,7-11H2,1-6H3. The summed E-state index contributed by atoms with van der Waals surface area (Å²) in [5.74, 6) is 0. The van der Waals surface area contributed by atoms with Crippen LogP contribution in [0.2, 0.25) is 0 Å². The van der Waals surface area contributed by atoms with E-state index in [-0.39, 0.29) is 5.54 Å². The maximum atomic E-state index is 6.18. The molecule has 1 aliphatic heterocycles. The molecule has 0 radical (unpaired) electrons. The molecule has 2 rings (SSSR count). The lowest BCUT2D eigenvalue weighted by Crippen LogP contribution is -2.41. The van der Waals surface area contributed by atoms with Crippen LogP contribution in [0.25, 0.3) is 0 Å². The van der Waals surface area contributed by atoms with Gasteiger partial charge in [0.2, 0.25) is 0 Å². The second kappa shape index (κ2) is 6.49. The number of hydrogen-bond donors (Lipinski definition) is 1. The average Bonchev–Trinajstić information content (AvgIpc) is 2.93. The Hall–Kier alpha value is -0.870. The van der Waals surface area contributed by atoms with Gasteiger partial charge >= 0.3 is 0 Å². The molecule has 0 spiro atoms. The SMILES string of the molecule is CCc1c(C)nn(CC2CCC(CNC(C)(C)C)O2)c1C. The largest absolute Gasteiger partial charge is 0.372 e. The highest BCUT2D eigenvalue weighted by molar-refractivity contribution is 5.24. The lowest BCUT2D eigenvalue weighted by molar-refractivity contribution is 0.0308. The van der Waals surface area contributed by atoms with Crippen LogP contribution in [0.5, 0.6) is 0 Å². The van der Waals surface area contributed by atoms with Crippen molar-refractivity contribution in [2.45, 2.75) is 85.1 Å². The van der Waals surface area contributed by atoms with Crippen LogP contribution in [-0.4, -0.2) is 34.1 Å². The molecule has 0 aliphatic carbocycles. The maximum Gasteiger partial charge on any atom is 0.0776 e. The van der Waals surface area contributed by atoms with Gasteiger partial charge in [-0.05, 0) is 59.4 Å². The molecule has 1 aromatic heterocycles. The van der Waals surface area contributed by atoms with Crippen molar-refractivity contribution >= 4 is 0 Å². The Morgan fingerprint density at radius 1 is 1.24 bits per heavy atom. The molecule has 0 aromatic carbocycles. The molecule has 4 heteroatoms. The van der Waals surface area contributed by atoms with Crippen LogP contribution >= 0.6 is 0 Å². The Morgan fingerprint density at radius 2 is 1.90 bits per heavy atom. The summed E-state index contributed by atoms with van der Waals surface area (Å²) in [4.78, 5) is 0. The quantitative estimate of drug-likeness (QED) is 0.907. The van der Waals surface area contributed by atoms with E-state index in [4.69, 9.17) is 4.74 Å². The van der Waals surface area contributed by atoms with Crippen LogP contribution in [0.1, 0.15) is 57.5 Å². The minimum Gasteiger partial charge on any atom is -0.372 e. The van der Waals surface area contributed by atoms with Crippen molar-refractivity contribution in [1.29, 1.82) is 0 Å². The van der Waals surface area contributed by atoms with E-state index >= 15 is 0 Å². The third-order valence-corrected chi connectivity index (χ3v) is 4.32. The van der Waals surface area contributed by atoms with E-state index in [0.29, 0.717) is 12.2 Å². The third kappa shape index (κ3) is 4.30. The first-order valence-corrected chi connectivity index (χ1v) is 8.23. The number of nitrogens with one attached hydrogen (secondary N) is 1. The van der Waals surface area contributed by atoms with E-state index < -0.39 is 0 Å². The topological polar surface area (TPSA) is 39.1 Å². The number of ether oxygens (including phenoxy) is 1. The summed E-state index contributed by atoms with van der Waals surface area (Å²) >= 11 is 0. The van der Waals surface area contributed by atoms with Gasteiger partial charge in [-0.1, -0.05) is 6.92 Å². The van der Waals surface area contributed by atoms with Crippen LogP contribution in [0.3, 0.4) is 0 Å². The smallest absolute Gasteiger partial charge is 0.0776 e. The molecule has 1 N–H and O–H groups in total. The van der Waals surface area contributed by atoms with Gasteiger partial charge in [0.05, 0.1) is 24.4 Å². The Morgan fingerprint density at radius 3 is 2.48 bits per heavy atom. The monoisotopic (exact) mass is 293 g/mol. The molecule has 1 saturated heterocycles. The van der Waals surface area contributed by atoms with E-state index in [1.165, 1.54) is 17.0 Å². The number of hydrogen-bond acceptors (Lipinski definition) is 3. The fourth-order valence-electron chi connectivity index (χ4n) is 3.10. The fraction of sp³-hybridized carbons (Fsp3) is 0.824. The van der Waals surface area contributed by atoms with E-state index in [0.717, 1.165) is 32.4 Å². The molecule has 1 fully saturated rings. The van der Waals surface area contributed by atoms with Crippen LogP contribution in [0.15, 0.2) is 0 Å². The molecule has 2 unspecified atom stereocenters. The van der Waals surface area contributed by atoms with Crippen molar-refractivity contribution in [3.8, 4) is 0 Å². The van der Waals surface area contributed by atoms with Crippen LogP contribution in [-0.2, 0) is 17.7 Å². The Kier molecular flexibility index (Phi) is 5.10. The molecule has 4 nitrogen and oxygen atoms in total. The van der Waals surface area contributed by atoms with Crippen molar-refractivity contribution in [3.05, 3.63) is 17.0 Å². The first-order valence-electron chi connectivity index (χ1n) is 8.23. The zero-order valence-electron chi connectivity index (χ0n) is 14.5. The molecular weight excluding hydrogens is 262 g/mol. The van der Waals surface area contributed by atoms with Crippen LogP contribution in [0, 0.1) is 13.8 Å².